The maximum absolute atomic E-state index is 12.3. The van der Waals surface area contributed by atoms with Gasteiger partial charge in [-0.1, -0.05) is 12.1 Å². The van der Waals surface area contributed by atoms with Gasteiger partial charge in [0.2, 0.25) is 0 Å². The van der Waals surface area contributed by atoms with Gasteiger partial charge in [0.1, 0.15) is 5.75 Å². The number of carbonyl (C=O) groups excluding carboxylic acids is 1. The van der Waals surface area contributed by atoms with Crippen LogP contribution < -0.4 is 10.1 Å². The Morgan fingerprint density at radius 3 is 2.68 bits per heavy atom. The van der Waals surface area contributed by atoms with Gasteiger partial charge in [-0.2, -0.15) is 8.78 Å². The Labute approximate surface area is 127 Å². The monoisotopic (exact) mass is 315 g/mol. The molecule has 1 saturated carbocycles. The summed E-state index contributed by atoms with van der Waals surface area (Å²) < 4.78 is 34.3. The number of amides is 1. The van der Waals surface area contributed by atoms with Crippen LogP contribution in [-0.4, -0.2) is 36.4 Å². The molecule has 2 rings (SSSR count). The Morgan fingerprint density at radius 1 is 1.32 bits per heavy atom. The molecule has 1 aromatic rings. The molecule has 2 atom stereocenters. The van der Waals surface area contributed by atoms with E-state index in [4.69, 9.17) is 9.84 Å². The molecular formula is C15H19F2NO4. The van der Waals surface area contributed by atoms with Crippen molar-refractivity contribution in [3.05, 3.63) is 29.8 Å². The Bertz CT molecular complexity index is 481. The number of hydrogen-bond donors (Lipinski definition) is 2. The quantitative estimate of drug-likeness (QED) is 0.805. The summed E-state index contributed by atoms with van der Waals surface area (Å²) in [4.78, 5) is 11.8. The minimum atomic E-state index is -2.83. The Kier molecular flexibility index (Phi) is 6.09. The molecule has 0 radical (unpaired) electrons. The molecule has 0 spiro atoms. The summed E-state index contributed by atoms with van der Waals surface area (Å²) in [6.45, 7) is -3.09. The molecular weight excluding hydrogens is 296 g/mol. The molecule has 0 heterocycles. The fourth-order valence-corrected chi connectivity index (χ4v) is 2.47. The SMILES string of the molecule is O=C(COc1ccc(CO)cc1)N[C@@H]1CCC[C@H]1OC(F)F. The molecule has 0 aromatic heterocycles. The number of halogens is 2. The number of aliphatic hydroxyl groups excluding tert-OH is 1. The van der Waals surface area contributed by atoms with Crippen molar-refractivity contribution in [2.45, 2.75) is 44.6 Å². The Balaban J connectivity index is 1.77. The molecule has 1 aliphatic rings. The van der Waals surface area contributed by atoms with E-state index in [9.17, 15) is 13.6 Å². The lowest BCUT2D eigenvalue weighted by Gasteiger charge is -2.21. The van der Waals surface area contributed by atoms with E-state index < -0.39 is 18.8 Å². The summed E-state index contributed by atoms with van der Waals surface area (Å²) in [5, 5.41) is 11.6. The van der Waals surface area contributed by atoms with Crippen molar-refractivity contribution < 1.29 is 28.2 Å². The third-order valence-corrected chi connectivity index (χ3v) is 3.55. The molecule has 0 aliphatic heterocycles. The summed E-state index contributed by atoms with van der Waals surface area (Å²) in [5.41, 5.74) is 0.745. The third-order valence-electron chi connectivity index (χ3n) is 3.55. The van der Waals surface area contributed by atoms with Crippen LogP contribution in [0.3, 0.4) is 0 Å². The molecule has 0 saturated heterocycles. The second-order valence-corrected chi connectivity index (χ2v) is 5.13. The van der Waals surface area contributed by atoms with Gasteiger partial charge in [0.25, 0.3) is 5.91 Å². The largest absolute Gasteiger partial charge is 0.484 e. The zero-order valence-corrected chi connectivity index (χ0v) is 12.0. The number of aliphatic hydroxyl groups is 1. The van der Waals surface area contributed by atoms with Gasteiger partial charge in [-0.25, -0.2) is 0 Å². The minimum absolute atomic E-state index is 0.0615. The van der Waals surface area contributed by atoms with Crippen molar-refractivity contribution in [3.8, 4) is 5.75 Å². The standard InChI is InChI=1S/C15H19F2NO4/c16-15(17)22-13-3-1-2-12(13)18-14(20)9-21-11-6-4-10(8-19)5-7-11/h4-7,12-13,15,19H,1-3,8-9H2,(H,18,20)/t12-,13-/m1/s1. The highest BCUT2D eigenvalue weighted by molar-refractivity contribution is 5.78. The van der Waals surface area contributed by atoms with Crippen LogP contribution in [0.1, 0.15) is 24.8 Å². The molecule has 1 aromatic carbocycles. The fourth-order valence-electron chi connectivity index (χ4n) is 2.47. The zero-order chi connectivity index (χ0) is 15.9. The van der Waals surface area contributed by atoms with E-state index in [-0.39, 0.29) is 19.1 Å². The van der Waals surface area contributed by atoms with Crippen molar-refractivity contribution >= 4 is 5.91 Å². The lowest BCUT2D eigenvalue weighted by atomic mass is 10.2. The molecule has 2 N–H and O–H groups in total. The third kappa shape index (κ3) is 4.92. The maximum atomic E-state index is 12.3. The van der Waals surface area contributed by atoms with E-state index >= 15 is 0 Å². The Hall–Kier alpha value is -1.73. The number of nitrogens with one attached hydrogen (secondary N) is 1. The number of carbonyl (C=O) groups is 1. The van der Waals surface area contributed by atoms with Gasteiger partial charge in [0, 0.05) is 0 Å². The molecule has 5 nitrogen and oxygen atoms in total. The van der Waals surface area contributed by atoms with Crippen LogP contribution in [0.4, 0.5) is 8.78 Å². The highest BCUT2D eigenvalue weighted by Crippen LogP contribution is 2.24. The van der Waals surface area contributed by atoms with E-state index in [1.54, 1.807) is 24.3 Å². The van der Waals surface area contributed by atoms with Crippen molar-refractivity contribution in [1.29, 1.82) is 0 Å². The van der Waals surface area contributed by atoms with Crippen LogP contribution >= 0.6 is 0 Å². The number of ether oxygens (including phenoxy) is 2. The van der Waals surface area contributed by atoms with Gasteiger partial charge in [-0.05, 0) is 37.0 Å². The van der Waals surface area contributed by atoms with Gasteiger partial charge in [-0.3, -0.25) is 4.79 Å². The summed E-state index contributed by atoms with van der Waals surface area (Å²) in [7, 11) is 0. The second kappa shape index (κ2) is 8.05. The lowest BCUT2D eigenvalue weighted by Crippen LogP contribution is -2.43. The molecule has 1 aliphatic carbocycles. The van der Waals surface area contributed by atoms with Crippen molar-refractivity contribution in [2.75, 3.05) is 6.61 Å². The van der Waals surface area contributed by atoms with Crippen LogP contribution in [0.15, 0.2) is 24.3 Å². The van der Waals surface area contributed by atoms with E-state index in [2.05, 4.69) is 10.1 Å². The van der Waals surface area contributed by atoms with E-state index in [1.807, 2.05) is 0 Å². The highest BCUT2D eigenvalue weighted by atomic mass is 19.3. The first-order chi connectivity index (χ1) is 10.6. The first-order valence-electron chi connectivity index (χ1n) is 7.14. The number of hydrogen-bond acceptors (Lipinski definition) is 4. The lowest BCUT2D eigenvalue weighted by molar-refractivity contribution is -0.167. The number of rotatable bonds is 7. The van der Waals surface area contributed by atoms with Crippen molar-refractivity contribution in [3.63, 3.8) is 0 Å². The average molecular weight is 315 g/mol. The summed E-state index contributed by atoms with van der Waals surface area (Å²) >= 11 is 0. The molecule has 1 amide bonds. The molecule has 0 unspecified atom stereocenters. The smallest absolute Gasteiger partial charge is 0.345 e. The van der Waals surface area contributed by atoms with Gasteiger partial charge in [0.15, 0.2) is 6.61 Å². The predicted octanol–water partition coefficient (Wildman–Crippen LogP) is 1.83. The van der Waals surface area contributed by atoms with Crippen LogP contribution in [0.5, 0.6) is 5.75 Å². The van der Waals surface area contributed by atoms with Crippen LogP contribution in [0.2, 0.25) is 0 Å². The van der Waals surface area contributed by atoms with Gasteiger partial charge < -0.3 is 19.9 Å². The first kappa shape index (κ1) is 16.6. The maximum Gasteiger partial charge on any atom is 0.345 e. The second-order valence-electron chi connectivity index (χ2n) is 5.13. The van der Waals surface area contributed by atoms with Crippen molar-refractivity contribution in [1.82, 2.24) is 5.32 Å². The topological polar surface area (TPSA) is 67.8 Å². The van der Waals surface area contributed by atoms with E-state index in [0.29, 0.717) is 18.6 Å². The minimum Gasteiger partial charge on any atom is -0.484 e. The number of benzene rings is 1. The predicted molar refractivity (Wildman–Crippen MR) is 74.5 cm³/mol. The molecule has 7 heteroatoms. The zero-order valence-electron chi connectivity index (χ0n) is 12.0. The number of alkyl halides is 2. The van der Waals surface area contributed by atoms with Gasteiger partial charge >= 0.3 is 6.61 Å². The van der Waals surface area contributed by atoms with Crippen molar-refractivity contribution in [2.24, 2.45) is 0 Å². The molecule has 122 valence electrons. The van der Waals surface area contributed by atoms with Crippen LogP contribution in [0.25, 0.3) is 0 Å². The summed E-state index contributed by atoms with van der Waals surface area (Å²) in [6.07, 6.45) is 1.23. The normalized spacial score (nSPS) is 21.1. The molecule has 22 heavy (non-hydrogen) atoms. The summed E-state index contributed by atoms with van der Waals surface area (Å²) in [5.74, 6) is 0.125. The average Bonchev–Trinajstić information content (AvgIpc) is 2.92. The molecule has 0 bridgehead atoms. The van der Waals surface area contributed by atoms with Crippen LogP contribution in [-0.2, 0) is 16.1 Å². The van der Waals surface area contributed by atoms with E-state index in [0.717, 1.165) is 12.0 Å². The van der Waals surface area contributed by atoms with E-state index in [1.165, 1.54) is 0 Å². The Morgan fingerprint density at radius 2 is 2.05 bits per heavy atom. The van der Waals surface area contributed by atoms with Crippen LogP contribution in [0, 0.1) is 0 Å². The van der Waals surface area contributed by atoms with Gasteiger partial charge in [0.05, 0.1) is 18.8 Å². The summed E-state index contributed by atoms with van der Waals surface area (Å²) in [6, 6.07) is 6.28. The molecule has 1 fully saturated rings. The highest BCUT2D eigenvalue weighted by Gasteiger charge is 2.31. The fraction of sp³-hybridized carbons (Fsp3) is 0.533. The first-order valence-corrected chi connectivity index (χ1v) is 7.14. The van der Waals surface area contributed by atoms with Gasteiger partial charge in [-0.15, -0.1) is 0 Å².